The number of thiophene rings is 1. The normalized spacial score (nSPS) is 17.7. The second kappa shape index (κ2) is 5.54. The minimum atomic E-state index is 0.0890. The van der Waals surface area contributed by atoms with Crippen molar-refractivity contribution >= 4 is 51.6 Å². The van der Waals surface area contributed by atoms with E-state index in [2.05, 4.69) is 27.9 Å². The highest BCUT2D eigenvalue weighted by Crippen LogP contribution is 2.19. The molecule has 5 heteroatoms. The third kappa shape index (κ3) is 3.35. The Bertz CT molecular complexity index is 347. The largest absolute Gasteiger partial charge is 0.349 e. The molecule has 82 valence electrons. The van der Waals surface area contributed by atoms with Gasteiger partial charge in [0.25, 0.3) is 5.91 Å². The van der Waals surface area contributed by atoms with E-state index in [9.17, 15) is 4.79 Å². The van der Waals surface area contributed by atoms with Gasteiger partial charge in [0.1, 0.15) is 0 Å². The minimum absolute atomic E-state index is 0.0890. The number of thioether (sulfide) groups is 1. The molecular weight excluding hydrogens is 341 g/mol. The predicted molar refractivity (Wildman–Crippen MR) is 74.8 cm³/mol. The summed E-state index contributed by atoms with van der Waals surface area (Å²) >= 11 is 5.83. The average Bonchev–Trinajstić information content (AvgIpc) is 2.66. The van der Waals surface area contributed by atoms with Gasteiger partial charge in [-0.05, 0) is 53.0 Å². The van der Waals surface area contributed by atoms with E-state index in [-0.39, 0.29) is 5.91 Å². The van der Waals surface area contributed by atoms with Crippen LogP contribution in [-0.2, 0) is 0 Å². The van der Waals surface area contributed by atoms with Crippen molar-refractivity contribution in [2.45, 2.75) is 18.9 Å². The Kier molecular flexibility index (Phi) is 4.33. The molecule has 1 aliphatic heterocycles. The van der Waals surface area contributed by atoms with E-state index in [0.717, 1.165) is 21.3 Å². The molecule has 0 unspecified atom stereocenters. The van der Waals surface area contributed by atoms with Gasteiger partial charge >= 0.3 is 0 Å². The summed E-state index contributed by atoms with van der Waals surface area (Å²) in [6, 6.07) is 2.33. The molecule has 2 heterocycles. The number of hydrogen-bond donors (Lipinski definition) is 1. The molecule has 0 aromatic carbocycles. The van der Waals surface area contributed by atoms with Crippen molar-refractivity contribution in [3.05, 3.63) is 19.9 Å². The van der Waals surface area contributed by atoms with Gasteiger partial charge in [0.15, 0.2) is 0 Å². The number of halogens is 1. The first kappa shape index (κ1) is 11.7. The molecule has 2 rings (SSSR count). The quantitative estimate of drug-likeness (QED) is 0.829. The molecule has 1 aromatic rings. The van der Waals surface area contributed by atoms with Crippen molar-refractivity contribution in [1.82, 2.24) is 5.32 Å². The highest BCUT2D eigenvalue weighted by atomic mass is 127. The number of rotatable bonds is 2. The Hall–Kier alpha value is 0.250. The van der Waals surface area contributed by atoms with Gasteiger partial charge in [0, 0.05) is 11.4 Å². The molecular formula is C10H12INOS2. The molecule has 1 fully saturated rings. The smallest absolute Gasteiger partial charge is 0.252 e. The predicted octanol–water partition coefficient (Wildman–Crippen LogP) is 2.98. The standard InChI is InChI=1S/C10H12INOS2/c11-9-5-7(6-15-9)10(13)12-8-1-3-14-4-2-8/h5-6,8H,1-4H2,(H,12,13). The third-order valence-electron chi connectivity index (χ3n) is 2.39. The Labute approximate surface area is 111 Å². The lowest BCUT2D eigenvalue weighted by molar-refractivity contribution is 0.0935. The van der Waals surface area contributed by atoms with Crippen molar-refractivity contribution in [2.24, 2.45) is 0 Å². The summed E-state index contributed by atoms with van der Waals surface area (Å²) < 4.78 is 1.16. The van der Waals surface area contributed by atoms with Crippen LogP contribution < -0.4 is 5.32 Å². The zero-order valence-corrected chi connectivity index (χ0v) is 12.0. The number of carbonyl (C=O) groups excluding carboxylic acids is 1. The Morgan fingerprint density at radius 1 is 1.47 bits per heavy atom. The zero-order valence-electron chi connectivity index (χ0n) is 8.16. The second-order valence-corrected chi connectivity index (χ2v) is 7.53. The summed E-state index contributed by atoms with van der Waals surface area (Å²) in [6.07, 6.45) is 2.22. The zero-order chi connectivity index (χ0) is 10.7. The van der Waals surface area contributed by atoms with Crippen molar-refractivity contribution in [3.8, 4) is 0 Å². The van der Waals surface area contributed by atoms with Gasteiger partial charge in [0.2, 0.25) is 0 Å². The van der Waals surface area contributed by atoms with E-state index >= 15 is 0 Å². The Balaban J connectivity index is 1.91. The molecule has 1 N–H and O–H groups in total. The highest BCUT2D eigenvalue weighted by Gasteiger charge is 2.17. The molecule has 15 heavy (non-hydrogen) atoms. The van der Waals surface area contributed by atoms with Gasteiger partial charge in [-0.3, -0.25) is 4.79 Å². The molecule has 1 amide bonds. The second-order valence-electron chi connectivity index (χ2n) is 3.50. The van der Waals surface area contributed by atoms with Crippen LogP contribution in [0.5, 0.6) is 0 Å². The molecule has 0 atom stereocenters. The van der Waals surface area contributed by atoms with Gasteiger partial charge in [-0.2, -0.15) is 11.8 Å². The topological polar surface area (TPSA) is 29.1 Å². The van der Waals surface area contributed by atoms with Crippen LogP contribution in [0.25, 0.3) is 0 Å². The summed E-state index contributed by atoms with van der Waals surface area (Å²) in [7, 11) is 0. The molecule has 2 nitrogen and oxygen atoms in total. The van der Waals surface area contributed by atoms with Crippen LogP contribution in [-0.4, -0.2) is 23.5 Å². The number of hydrogen-bond acceptors (Lipinski definition) is 3. The van der Waals surface area contributed by atoms with Crippen molar-refractivity contribution in [1.29, 1.82) is 0 Å². The molecule has 1 aromatic heterocycles. The molecule has 0 bridgehead atoms. The summed E-state index contributed by atoms with van der Waals surface area (Å²) in [5, 5.41) is 5.02. The molecule has 1 aliphatic rings. The molecule has 0 spiro atoms. The van der Waals surface area contributed by atoms with Gasteiger partial charge in [-0.15, -0.1) is 11.3 Å². The lowest BCUT2D eigenvalue weighted by Crippen LogP contribution is -2.37. The fourth-order valence-corrected chi connectivity index (χ4v) is 3.97. The average molecular weight is 353 g/mol. The Morgan fingerprint density at radius 2 is 2.20 bits per heavy atom. The lowest BCUT2D eigenvalue weighted by atomic mass is 10.1. The monoisotopic (exact) mass is 353 g/mol. The molecule has 0 aliphatic carbocycles. The van der Waals surface area contributed by atoms with E-state index in [1.165, 1.54) is 11.5 Å². The highest BCUT2D eigenvalue weighted by molar-refractivity contribution is 14.1. The maximum atomic E-state index is 11.8. The first-order chi connectivity index (χ1) is 7.25. The van der Waals surface area contributed by atoms with E-state index in [4.69, 9.17) is 0 Å². The van der Waals surface area contributed by atoms with Crippen molar-refractivity contribution < 1.29 is 4.79 Å². The number of nitrogens with one attached hydrogen (secondary N) is 1. The van der Waals surface area contributed by atoms with Crippen molar-refractivity contribution in [2.75, 3.05) is 11.5 Å². The van der Waals surface area contributed by atoms with Crippen LogP contribution >= 0.6 is 45.7 Å². The lowest BCUT2D eigenvalue weighted by Gasteiger charge is -2.22. The molecule has 0 radical (unpaired) electrons. The summed E-state index contributed by atoms with van der Waals surface area (Å²) in [5.41, 5.74) is 0.808. The number of carbonyl (C=O) groups is 1. The third-order valence-corrected chi connectivity index (χ3v) is 5.22. The summed E-state index contributed by atoms with van der Waals surface area (Å²) in [6.45, 7) is 0. The van der Waals surface area contributed by atoms with Crippen LogP contribution in [0.4, 0.5) is 0 Å². The van der Waals surface area contributed by atoms with E-state index in [1.54, 1.807) is 11.3 Å². The van der Waals surface area contributed by atoms with E-state index < -0.39 is 0 Å². The van der Waals surface area contributed by atoms with Gasteiger partial charge in [0.05, 0.1) is 8.45 Å². The maximum absolute atomic E-state index is 11.8. The van der Waals surface area contributed by atoms with Crippen LogP contribution in [0.3, 0.4) is 0 Å². The van der Waals surface area contributed by atoms with Gasteiger partial charge in [-0.25, -0.2) is 0 Å². The fourth-order valence-electron chi connectivity index (χ4n) is 1.54. The minimum Gasteiger partial charge on any atom is -0.349 e. The van der Waals surface area contributed by atoms with Crippen LogP contribution in [0.1, 0.15) is 23.2 Å². The van der Waals surface area contributed by atoms with Gasteiger partial charge < -0.3 is 5.32 Å². The van der Waals surface area contributed by atoms with Crippen LogP contribution in [0.15, 0.2) is 11.4 Å². The van der Waals surface area contributed by atoms with E-state index in [1.807, 2.05) is 23.2 Å². The molecule has 1 saturated heterocycles. The Morgan fingerprint density at radius 3 is 2.80 bits per heavy atom. The number of amides is 1. The van der Waals surface area contributed by atoms with E-state index in [0.29, 0.717) is 6.04 Å². The SMILES string of the molecule is O=C(NC1CCSCC1)c1csc(I)c1. The first-order valence-electron chi connectivity index (χ1n) is 4.88. The maximum Gasteiger partial charge on any atom is 0.252 e. The molecule has 0 saturated carbocycles. The van der Waals surface area contributed by atoms with Crippen LogP contribution in [0.2, 0.25) is 0 Å². The summed E-state index contributed by atoms with van der Waals surface area (Å²) in [4.78, 5) is 11.8. The van der Waals surface area contributed by atoms with Gasteiger partial charge in [-0.1, -0.05) is 0 Å². The summed E-state index contributed by atoms with van der Waals surface area (Å²) in [5.74, 6) is 2.43. The van der Waals surface area contributed by atoms with Crippen molar-refractivity contribution in [3.63, 3.8) is 0 Å². The fraction of sp³-hybridized carbons (Fsp3) is 0.500. The van der Waals surface area contributed by atoms with Crippen LogP contribution in [0, 0.1) is 2.88 Å². The first-order valence-corrected chi connectivity index (χ1v) is 7.99.